The largest absolute Gasteiger partial charge is 0.289 e. The molecule has 0 aliphatic rings. The third-order valence-corrected chi connectivity index (χ3v) is 3.81. The zero-order valence-corrected chi connectivity index (χ0v) is 11.3. The van der Waals surface area contributed by atoms with Crippen LogP contribution in [0.2, 0.25) is 5.15 Å². The number of nitro benzene ring substituents is 1. The number of para-hydroxylation sites is 1. The molecule has 0 saturated heterocycles. The van der Waals surface area contributed by atoms with Crippen LogP contribution in [0.3, 0.4) is 0 Å². The summed E-state index contributed by atoms with van der Waals surface area (Å²) < 4.78 is 26.3. The summed E-state index contributed by atoms with van der Waals surface area (Å²) in [5.74, 6) is -0.0902. The summed E-state index contributed by atoms with van der Waals surface area (Å²) >= 11 is 5.53. The zero-order valence-electron chi connectivity index (χ0n) is 9.72. The standard InChI is InChI=1S/C10H7ClN4O4S/c11-9-5-13-10(6-12-9)14-20(18,19)8-4-2-1-3-7(8)15(16)17/h1-6H,(H,13,14). The van der Waals surface area contributed by atoms with E-state index in [1.54, 1.807) is 0 Å². The highest BCUT2D eigenvalue weighted by Crippen LogP contribution is 2.24. The van der Waals surface area contributed by atoms with E-state index in [1.165, 1.54) is 12.1 Å². The van der Waals surface area contributed by atoms with Crippen LogP contribution in [0.4, 0.5) is 11.5 Å². The van der Waals surface area contributed by atoms with Crippen molar-refractivity contribution in [2.45, 2.75) is 4.90 Å². The molecule has 0 amide bonds. The molecule has 1 N–H and O–H groups in total. The minimum absolute atomic E-state index is 0.0902. The van der Waals surface area contributed by atoms with Crippen LogP contribution < -0.4 is 4.72 Å². The Hall–Kier alpha value is -2.26. The number of nitrogens with one attached hydrogen (secondary N) is 1. The second-order valence-electron chi connectivity index (χ2n) is 3.55. The third kappa shape index (κ3) is 3.00. The number of nitrogens with zero attached hydrogens (tertiary/aromatic N) is 3. The maximum Gasteiger partial charge on any atom is 0.289 e. The average molecular weight is 315 g/mol. The number of nitro groups is 1. The van der Waals surface area contributed by atoms with E-state index in [4.69, 9.17) is 11.6 Å². The van der Waals surface area contributed by atoms with Gasteiger partial charge in [-0.3, -0.25) is 14.8 Å². The Balaban J connectivity index is 2.41. The van der Waals surface area contributed by atoms with Gasteiger partial charge in [0.2, 0.25) is 0 Å². The van der Waals surface area contributed by atoms with Crippen molar-refractivity contribution in [3.8, 4) is 0 Å². The Morgan fingerprint density at radius 3 is 2.50 bits per heavy atom. The second-order valence-corrected chi connectivity index (χ2v) is 5.59. The number of anilines is 1. The fourth-order valence-corrected chi connectivity index (χ4v) is 2.66. The van der Waals surface area contributed by atoms with E-state index < -0.39 is 25.5 Å². The first-order valence-corrected chi connectivity index (χ1v) is 7.00. The highest BCUT2D eigenvalue weighted by atomic mass is 35.5. The van der Waals surface area contributed by atoms with Crippen LogP contribution in [-0.4, -0.2) is 23.3 Å². The molecule has 0 bridgehead atoms. The van der Waals surface area contributed by atoms with Crippen LogP contribution >= 0.6 is 11.6 Å². The van der Waals surface area contributed by atoms with Gasteiger partial charge < -0.3 is 0 Å². The molecule has 1 heterocycles. The van der Waals surface area contributed by atoms with Gasteiger partial charge in [-0.15, -0.1) is 0 Å². The van der Waals surface area contributed by atoms with Crippen molar-refractivity contribution in [2.75, 3.05) is 4.72 Å². The second kappa shape index (κ2) is 5.39. The summed E-state index contributed by atoms with van der Waals surface area (Å²) in [5, 5.41) is 10.9. The Morgan fingerprint density at radius 2 is 1.90 bits per heavy atom. The van der Waals surface area contributed by atoms with Crippen molar-refractivity contribution in [3.63, 3.8) is 0 Å². The molecule has 0 aliphatic carbocycles. The van der Waals surface area contributed by atoms with E-state index in [1.807, 2.05) is 0 Å². The molecule has 0 aliphatic heterocycles. The van der Waals surface area contributed by atoms with Crippen molar-refractivity contribution < 1.29 is 13.3 Å². The molecule has 0 unspecified atom stereocenters. The van der Waals surface area contributed by atoms with Gasteiger partial charge in [0, 0.05) is 6.07 Å². The van der Waals surface area contributed by atoms with E-state index in [0.717, 1.165) is 24.5 Å². The predicted octanol–water partition coefficient (Wildman–Crippen LogP) is 1.84. The van der Waals surface area contributed by atoms with Gasteiger partial charge >= 0.3 is 0 Å². The topological polar surface area (TPSA) is 115 Å². The molecule has 0 atom stereocenters. The SMILES string of the molecule is O=[N+]([O-])c1ccccc1S(=O)(=O)Nc1cnc(Cl)cn1. The first-order valence-electron chi connectivity index (χ1n) is 5.14. The van der Waals surface area contributed by atoms with Gasteiger partial charge in [-0.2, -0.15) is 0 Å². The van der Waals surface area contributed by atoms with Crippen molar-refractivity contribution in [1.29, 1.82) is 0 Å². The molecular weight excluding hydrogens is 308 g/mol. The summed E-state index contributed by atoms with van der Waals surface area (Å²) in [5.41, 5.74) is -0.526. The molecule has 20 heavy (non-hydrogen) atoms. The van der Waals surface area contributed by atoms with Crippen LogP contribution in [0.5, 0.6) is 0 Å². The average Bonchev–Trinajstić information content (AvgIpc) is 2.41. The maximum atomic E-state index is 12.1. The normalized spacial score (nSPS) is 11.1. The van der Waals surface area contributed by atoms with E-state index in [-0.39, 0.29) is 11.0 Å². The summed E-state index contributed by atoms with van der Waals surface area (Å²) in [6, 6.07) is 4.99. The summed E-state index contributed by atoms with van der Waals surface area (Å²) in [6.07, 6.45) is 2.26. The van der Waals surface area contributed by atoms with Gasteiger partial charge in [0.05, 0.1) is 17.3 Å². The first kappa shape index (κ1) is 14.2. The van der Waals surface area contributed by atoms with Crippen LogP contribution in [-0.2, 0) is 10.0 Å². The number of sulfonamides is 1. The highest BCUT2D eigenvalue weighted by Gasteiger charge is 2.25. The van der Waals surface area contributed by atoms with Gasteiger partial charge in [-0.25, -0.2) is 18.4 Å². The lowest BCUT2D eigenvalue weighted by molar-refractivity contribution is -0.387. The van der Waals surface area contributed by atoms with Gasteiger partial charge in [-0.05, 0) is 6.07 Å². The van der Waals surface area contributed by atoms with Gasteiger partial charge in [0.25, 0.3) is 15.7 Å². The third-order valence-electron chi connectivity index (χ3n) is 2.21. The van der Waals surface area contributed by atoms with Crippen molar-refractivity contribution in [1.82, 2.24) is 9.97 Å². The molecule has 1 aromatic carbocycles. The minimum atomic E-state index is -4.14. The highest BCUT2D eigenvalue weighted by molar-refractivity contribution is 7.92. The molecule has 104 valence electrons. The van der Waals surface area contributed by atoms with E-state index >= 15 is 0 Å². The summed E-state index contributed by atoms with van der Waals surface area (Å²) in [7, 11) is -4.14. The Kier molecular flexibility index (Phi) is 3.81. The van der Waals surface area contributed by atoms with E-state index in [9.17, 15) is 18.5 Å². The number of halogens is 1. The summed E-state index contributed by atoms with van der Waals surface area (Å²) in [4.78, 5) is 17.0. The number of hydrogen-bond donors (Lipinski definition) is 1. The van der Waals surface area contributed by atoms with Crippen LogP contribution in [0.1, 0.15) is 0 Å². The van der Waals surface area contributed by atoms with E-state index in [0.29, 0.717) is 0 Å². The number of hydrogen-bond acceptors (Lipinski definition) is 6. The first-order chi connectivity index (χ1) is 9.40. The fourth-order valence-electron chi connectivity index (χ4n) is 1.39. The molecule has 0 fully saturated rings. The zero-order chi connectivity index (χ0) is 14.8. The Bertz CT molecular complexity index is 748. The molecule has 0 radical (unpaired) electrons. The number of aromatic nitrogens is 2. The maximum absolute atomic E-state index is 12.1. The quantitative estimate of drug-likeness (QED) is 0.680. The smallest absolute Gasteiger partial charge is 0.262 e. The molecule has 0 saturated carbocycles. The lowest BCUT2D eigenvalue weighted by atomic mass is 10.3. The Morgan fingerprint density at radius 1 is 1.20 bits per heavy atom. The monoisotopic (exact) mass is 314 g/mol. The molecule has 2 rings (SSSR count). The van der Waals surface area contributed by atoms with E-state index in [2.05, 4.69) is 14.7 Å². The predicted molar refractivity (Wildman–Crippen MR) is 70.9 cm³/mol. The lowest BCUT2D eigenvalue weighted by Gasteiger charge is -2.07. The molecule has 0 spiro atoms. The van der Waals surface area contributed by atoms with Crippen molar-refractivity contribution in [3.05, 3.63) is 51.9 Å². The molecule has 8 nitrogen and oxygen atoms in total. The van der Waals surface area contributed by atoms with Gasteiger partial charge in [-0.1, -0.05) is 23.7 Å². The lowest BCUT2D eigenvalue weighted by Crippen LogP contribution is -2.15. The summed E-state index contributed by atoms with van der Waals surface area (Å²) in [6.45, 7) is 0. The van der Waals surface area contributed by atoms with Crippen LogP contribution in [0.25, 0.3) is 0 Å². The number of rotatable bonds is 4. The Labute approximate surface area is 118 Å². The molecule has 1 aromatic heterocycles. The molecule has 2 aromatic rings. The van der Waals surface area contributed by atoms with Crippen molar-refractivity contribution >= 4 is 33.1 Å². The molecule has 10 heteroatoms. The fraction of sp³-hybridized carbons (Fsp3) is 0. The van der Waals surface area contributed by atoms with Crippen molar-refractivity contribution in [2.24, 2.45) is 0 Å². The van der Waals surface area contributed by atoms with Gasteiger partial charge in [0.15, 0.2) is 10.7 Å². The molecular formula is C10H7ClN4O4S. The minimum Gasteiger partial charge on any atom is -0.262 e. The van der Waals surface area contributed by atoms with Gasteiger partial charge in [0.1, 0.15) is 5.15 Å². The number of benzene rings is 1. The van der Waals surface area contributed by atoms with Crippen LogP contribution in [0, 0.1) is 10.1 Å². The van der Waals surface area contributed by atoms with Crippen LogP contribution in [0.15, 0.2) is 41.6 Å².